The average molecular weight is 603 g/mol. The Morgan fingerprint density at radius 1 is 0.930 bits per heavy atom. The van der Waals surface area contributed by atoms with Crippen LogP contribution in [0.25, 0.3) is 5.57 Å². The Bertz CT molecular complexity index is 1560. The van der Waals surface area contributed by atoms with Crippen molar-refractivity contribution in [3.63, 3.8) is 0 Å². The third kappa shape index (κ3) is 5.76. The first-order chi connectivity index (χ1) is 20.5. The second-order valence-electron chi connectivity index (χ2n) is 12.7. The molecule has 0 aromatic heterocycles. The van der Waals surface area contributed by atoms with Crippen LogP contribution in [0, 0.1) is 5.41 Å². The fourth-order valence-corrected chi connectivity index (χ4v) is 6.76. The van der Waals surface area contributed by atoms with Gasteiger partial charge in [-0.2, -0.15) is 0 Å². The van der Waals surface area contributed by atoms with Crippen LogP contribution in [0.2, 0.25) is 5.02 Å². The maximum atomic E-state index is 13.5. The summed E-state index contributed by atoms with van der Waals surface area (Å²) in [6.07, 6.45) is 3.34. The zero-order valence-electron chi connectivity index (χ0n) is 24.5. The van der Waals surface area contributed by atoms with Gasteiger partial charge in [-0.1, -0.05) is 43.2 Å². The van der Waals surface area contributed by atoms with Crippen LogP contribution in [-0.4, -0.2) is 83.0 Å². The minimum atomic E-state index is -1.04. The maximum absolute atomic E-state index is 13.5. The van der Waals surface area contributed by atoms with E-state index in [2.05, 4.69) is 36.2 Å². The topological polar surface area (TPSA) is 107 Å². The van der Waals surface area contributed by atoms with Crippen molar-refractivity contribution >= 4 is 46.7 Å². The molecule has 0 radical (unpaired) electrons. The first-order valence-electron chi connectivity index (χ1n) is 14.8. The summed E-state index contributed by atoms with van der Waals surface area (Å²) in [6, 6.07) is 11.6. The molecule has 3 aliphatic heterocycles. The molecule has 2 saturated heterocycles. The standard InChI is InChI=1S/C33H35ClN4O5/c1-33(2)12-11-22(26(18-33)20-3-6-23(34)7-4-20)19-36-13-15-37(16-14-36)30(41)21-5-8-24-25(17-21)32(43)38(31(24)42)27-9-10-28(39)35-29(27)40/h3-8,17,27H,9-16,18-19H2,1-2H3,(H,35,39,40). The van der Waals surface area contributed by atoms with E-state index in [-0.39, 0.29) is 35.3 Å². The highest BCUT2D eigenvalue weighted by Crippen LogP contribution is 2.43. The van der Waals surface area contributed by atoms with Gasteiger partial charge in [-0.25, -0.2) is 0 Å². The van der Waals surface area contributed by atoms with Crippen molar-refractivity contribution in [1.29, 1.82) is 0 Å². The SMILES string of the molecule is CC1(C)CCC(CN2CCN(C(=O)c3ccc4c(c3)C(=O)N(C3CCC(=O)NC3=O)C4=O)CC2)=C(c2ccc(Cl)cc2)C1. The van der Waals surface area contributed by atoms with E-state index in [1.807, 2.05) is 12.1 Å². The molecular weight excluding hydrogens is 568 g/mol. The third-order valence-corrected chi connectivity index (χ3v) is 9.39. The van der Waals surface area contributed by atoms with Crippen LogP contribution in [0.5, 0.6) is 0 Å². The van der Waals surface area contributed by atoms with Gasteiger partial charge in [0.2, 0.25) is 11.8 Å². The number of allylic oxidation sites excluding steroid dienone is 1. The first kappa shape index (κ1) is 29.3. The Labute approximate surface area is 255 Å². The summed E-state index contributed by atoms with van der Waals surface area (Å²) in [5.74, 6) is -2.47. The number of halogens is 1. The highest BCUT2D eigenvalue weighted by Gasteiger charge is 2.45. The molecule has 2 aromatic rings. The second kappa shape index (κ2) is 11.4. The average Bonchev–Trinajstić information content (AvgIpc) is 3.23. The number of piperazine rings is 1. The number of piperidine rings is 1. The zero-order chi connectivity index (χ0) is 30.5. The molecular formula is C33H35ClN4O5. The molecule has 4 aliphatic rings. The van der Waals surface area contributed by atoms with E-state index >= 15 is 0 Å². The quantitative estimate of drug-likeness (QED) is 0.515. The van der Waals surface area contributed by atoms with Gasteiger partial charge in [0.25, 0.3) is 17.7 Å². The fraction of sp³-hybridized carbons (Fsp3) is 0.424. The Hall–Kier alpha value is -3.82. The molecule has 6 rings (SSSR count). The van der Waals surface area contributed by atoms with Gasteiger partial charge in [0.15, 0.2) is 0 Å². The van der Waals surface area contributed by atoms with Gasteiger partial charge in [-0.05, 0) is 72.6 Å². The molecule has 1 atom stereocenters. The second-order valence-corrected chi connectivity index (χ2v) is 13.1. The molecule has 1 unspecified atom stereocenters. The van der Waals surface area contributed by atoms with Crippen LogP contribution < -0.4 is 5.32 Å². The molecule has 10 heteroatoms. The number of hydrogen-bond donors (Lipinski definition) is 1. The van der Waals surface area contributed by atoms with E-state index in [0.29, 0.717) is 18.7 Å². The molecule has 1 N–H and O–H groups in total. The lowest BCUT2D eigenvalue weighted by Gasteiger charge is -2.38. The number of benzene rings is 2. The number of nitrogens with zero attached hydrogens (tertiary/aromatic N) is 3. The number of fused-ring (bicyclic) bond motifs is 1. The summed E-state index contributed by atoms with van der Waals surface area (Å²) in [5.41, 5.74) is 4.92. The van der Waals surface area contributed by atoms with E-state index in [1.54, 1.807) is 11.0 Å². The van der Waals surface area contributed by atoms with Gasteiger partial charge in [-0.3, -0.25) is 39.1 Å². The van der Waals surface area contributed by atoms with Crippen molar-refractivity contribution in [2.45, 2.75) is 52.0 Å². The highest BCUT2D eigenvalue weighted by atomic mass is 35.5. The van der Waals surface area contributed by atoms with Crippen molar-refractivity contribution < 1.29 is 24.0 Å². The summed E-state index contributed by atoms with van der Waals surface area (Å²) in [6.45, 7) is 8.08. The Balaban J connectivity index is 1.12. The van der Waals surface area contributed by atoms with Gasteiger partial charge < -0.3 is 4.90 Å². The van der Waals surface area contributed by atoms with Crippen molar-refractivity contribution in [3.05, 3.63) is 75.3 Å². The summed E-state index contributed by atoms with van der Waals surface area (Å²) in [4.78, 5) is 68.7. The van der Waals surface area contributed by atoms with Gasteiger partial charge in [0, 0.05) is 49.7 Å². The lowest BCUT2D eigenvalue weighted by atomic mass is 9.72. The van der Waals surface area contributed by atoms with Crippen LogP contribution in [0.4, 0.5) is 0 Å². The molecule has 224 valence electrons. The Morgan fingerprint density at radius 3 is 2.33 bits per heavy atom. The Kier molecular flexibility index (Phi) is 7.73. The smallest absolute Gasteiger partial charge is 0.262 e. The fourth-order valence-electron chi connectivity index (χ4n) is 6.63. The van der Waals surface area contributed by atoms with Crippen molar-refractivity contribution in [2.24, 2.45) is 5.41 Å². The molecule has 0 saturated carbocycles. The number of rotatable bonds is 5. The lowest BCUT2D eigenvalue weighted by Crippen LogP contribution is -2.54. The van der Waals surface area contributed by atoms with Gasteiger partial charge in [0.1, 0.15) is 6.04 Å². The molecule has 43 heavy (non-hydrogen) atoms. The zero-order valence-corrected chi connectivity index (χ0v) is 25.2. The Morgan fingerprint density at radius 2 is 1.63 bits per heavy atom. The first-order valence-corrected chi connectivity index (χ1v) is 15.2. The summed E-state index contributed by atoms with van der Waals surface area (Å²) in [5, 5.41) is 2.93. The van der Waals surface area contributed by atoms with Crippen LogP contribution in [0.15, 0.2) is 48.0 Å². The number of carbonyl (C=O) groups is 5. The highest BCUT2D eigenvalue weighted by molar-refractivity contribution is 6.30. The molecule has 2 aromatic carbocycles. The summed E-state index contributed by atoms with van der Waals surface area (Å²) >= 11 is 6.16. The minimum Gasteiger partial charge on any atom is -0.336 e. The molecule has 9 nitrogen and oxygen atoms in total. The van der Waals surface area contributed by atoms with E-state index < -0.39 is 29.7 Å². The predicted octanol–water partition coefficient (Wildman–Crippen LogP) is 4.16. The molecule has 2 fully saturated rings. The minimum absolute atomic E-state index is 0.0528. The normalized spacial score (nSPS) is 22.6. The molecule has 0 spiro atoms. The molecule has 0 bridgehead atoms. The van der Waals surface area contributed by atoms with E-state index in [0.717, 1.165) is 48.8 Å². The third-order valence-electron chi connectivity index (χ3n) is 9.14. The van der Waals surface area contributed by atoms with Gasteiger partial charge in [-0.15, -0.1) is 0 Å². The summed E-state index contributed by atoms with van der Waals surface area (Å²) in [7, 11) is 0. The lowest BCUT2D eigenvalue weighted by molar-refractivity contribution is -0.136. The predicted molar refractivity (Wildman–Crippen MR) is 161 cm³/mol. The number of nitrogens with one attached hydrogen (secondary N) is 1. The van der Waals surface area contributed by atoms with Crippen molar-refractivity contribution in [1.82, 2.24) is 20.0 Å². The number of amides is 5. The number of hydrogen-bond acceptors (Lipinski definition) is 6. The largest absolute Gasteiger partial charge is 0.336 e. The van der Waals surface area contributed by atoms with Crippen molar-refractivity contribution in [2.75, 3.05) is 32.7 Å². The van der Waals surface area contributed by atoms with Gasteiger partial charge in [0.05, 0.1) is 11.1 Å². The van der Waals surface area contributed by atoms with Crippen molar-refractivity contribution in [3.8, 4) is 0 Å². The molecule has 5 amide bonds. The van der Waals surface area contributed by atoms with E-state index in [9.17, 15) is 24.0 Å². The van der Waals surface area contributed by atoms with E-state index in [4.69, 9.17) is 11.6 Å². The van der Waals surface area contributed by atoms with E-state index in [1.165, 1.54) is 28.8 Å². The van der Waals surface area contributed by atoms with Crippen LogP contribution in [-0.2, 0) is 9.59 Å². The van der Waals surface area contributed by atoms with Crippen LogP contribution in [0.1, 0.15) is 82.6 Å². The molecule has 1 aliphatic carbocycles. The van der Waals surface area contributed by atoms with Gasteiger partial charge >= 0.3 is 0 Å². The van der Waals surface area contributed by atoms with Crippen LogP contribution in [0.3, 0.4) is 0 Å². The monoisotopic (exact) mass is 602 g/mol. The molecule has 3 heterocycles. The summed E-state index contributed by atoms with van der Waals surface area (Å²) < 4.78 is 0. The maximum Gasteiger partial charge on any atom is 0.262 e. The number of imide groups is 2. The number of carbonyl (C=O) groups excluding carboxylic acids is 5. The van der Waals surface area contributed by atoms with Crippen LogP contribution >= 0.6 is 11.6 Å².